The maximum absolute atomic E-state index is 12.9. The molecule has 2 aliphatic rings. The summed E-state index contributed by atoms with van der Waals surface area (Å²) in [4.78, 5) is 12.9. The summed E-state index contributed by atoms with van der Waals surface area (Å²) < 4.78 is 11.0. The predicted molar refractivity (Wildman–Crippen MR) is 109 cm³/mol. The average Bonchev–Trinajstić information content (AvgIpc) is 2.88. The molecule has 3 rings (SSSR count). The Hall–Kier alpha value is -2.05. The normalized spacial score (nSPS) is 34.3. The van der Waals surface area contributed by atoms with Crippen LogP contribution in [0.4, 0.5) is 0 Å². The lowest BCUT2D eigenvalue weighted by molar-refractivity contribution is -0.104. The highest BCUT2D eigenvalue weighted by molar-refractivity contribution is 5.90. The van der Waals surface area contributed by atoms with Gasteiger partial charge in [0.15, 0.2) is 11.5 Å². The van der Waals surface area contributed by atoms with Crippen molar-refractivity contribution in [2.24, 2.45) is 17.3 Å². The Morgan fingerprint density at radius 1 is 1.28 bits per heavy atom. The highest BCUT2D eigenvalue weighted by atomic mass is 16.5. The fourth-order valence-corrected chi connectivity index (χ4v) is 5.13. The number of hydrogen-bond acceptors (Lipinski definition) is 6. The number of carbonyl (C=O) groups excluding carboxylic acids is 1. The van der Waals surface area contributed by atoms with E-state index in [0.717, 1.165) is 12.0 Å². The van der Waals surface area contributed by atoms with E-state index in [-0.39, 0.29) is 34.3 Å². The Morgan fingerprint density at radius 3 is 2.59 bits per heavy atom. The summed E-state index contributed by atoms with van der Waals surface area (Å²) in [7, 11) is 1.41. The van der Waals surface area contributed by atoms with E-state index < -0.39 is 23.8 Å². The van der Waals surface area contributed by atoms with Crippen LogP contribution < -0.4 is 4.74 Å². The lowest BCUT2D eigenvalue weighted by Gasteiger charge is -2.43. The molecule has 2 aliphatic carbocycles. The van der Waals surface area contributed by atoms with Crippen LogP contribution in [-0.4, -0.2) is 46.2 Å². The molecule has 1 saturated carbocycles. The van der Waals surface area contributed by atoms with Gasteiger partial charge in [-0.1, -0.05) is 20.8 Å². The second-order valence-corrected chi connectivity index (χ2v) is 9.16. The van der Waals surface area contributed by atoms with Crippen molar-refractivity contribution < 1.29 is 29.6 Å². The molecule has 5 atom stereocenters. The van der Waals surface area contributed by atoms with Gasteiger partial charge in [-0.05, 0) is 67.4 Å². The van der Waals surface area contributed by atoms with Crippen molar-refractivity contribution in [3.05, 3.63) is 35.4 Å². The lowest BCUT2D eigenvalue weighted by atomic mass is 9.67. The van der Waals surface area contributed by atoms with Crippen molar-refractivity contribution in [3.8, 4) is 11.5 Å². The van der Waals surface area contributed by atoms with Gasteiger partial charge >= 0.3 is 5.97 Å². The minimum Gasteiger partial charge on any atom is -0.504 e. The molecule has 1 fully saturated rings. The summed E-state index contributed by atoms with van der Waals surface area (Å²) in [5, 5.41) is 31.9. The van der Waals surface area contributed by atoms with Crippen molar-refractivity contribution in [3.63, 3.8) is 0 Å². The fraction of sp³-hybridized carbons (Fsp3) is 0.609. The first-order chi connectivity index (χ1) is 13.5. The molecule has 0 aromatic heterocycles. The predicted octanol–water partition coefficient (Wildman–Crippen LogP) is 3.44. The minimum atomic E-state index is -0.993. The first-order valence-corrected chi connectivity index (χ1v) is 10.2. The third-order valence-electron chi connectivity index (χ3n) is 6.99. The highest BCUT2D eigenvalue weighted by Gasteiger charge is 2.60. The molecule has 0 amide bonds. The highest BCUT2D eigenvalue weighted by Crippen LogP contribution is 2.58. The lowest BCUT2D eigenvalue weighted by Crippen LogP contribution is -2.50. The van der Waals surface area contributed by atoms with E-state index in [9.17, 15) is 20.1 Å². The summed E-state index contributed by atoms with van der Waals surface area (Å²) in [6.07, 6.45) is 2.37. The first kappa shape index (κ1) is 21.7. The standard InChI is InChI=1S/C23H32O6/c1-13(2)23(27)9-8-22(4)12-17(25)14(3)10-19(20(22)23)29-21(26)15-6-7-16(24)18(11-15)28-5/h6-7,10-11,13,17,19-20,24-25,27H,8-9,12H2,1-5H3/t17-,19-,20-,22-,23-/m1/s1. The molecule has 0 aliphatic heterocycles. The van der Waals surface area contributed by atoms with Gasteiger partial charge in [0.2, 0.25) is 0 Å². The zero-order valence-electron chi connectivity index (χ0n) is 17.8. The number of rotatable bonds is 4. The number of fused-ring (bicyclic) bond motifs is 1. The second kappa shape index (κ2) is 7.65. The van der Waals surface area contributed by atoms with E-state index in [1.807, 2.05) is 20.8 Å². The van der Waals surface area contributed by atoms with Gasteiger partial charge in [-0.25, -0.2) is 4.79 Å². The SMILES string of the molecule is COc1cc(C(=O)O[C@@H]2C=C(C)[C@H](O)C[C@@]3(C)CC[C@@](O)(C(C)C)[C@H]23)ccc1O. The zero-order chi connectivity index (χ0) is 21.6. The molecule has 160 valence electrons. The van der Waals surface area contributed by atoms with Crippen molar-refractivity contribution in [2.45, 2.75) is 64.8 Å². The largest absolute Gasteiger partial charge is 0.504 e. The summed E-state index contributed by atoms with van der Waals surface area (Å²) >= 11 is 0. The molecule has 0 heterocycles. The van der Waals surface area contributed by atoms with Gasteiger partial charge in [0.25, 0.3) is 0 Å². The molecule has 1 aromatic carbocycles. The van der Waals surface area contributed by atoms with E-state index in [1.165, 1.54) is 25.3 Å². The van der Waals surface area contributed by atoms with E-state index in [0.29, 0.717) is 12.8 Å². The quantitative estimate of drug-likeness (QED) is 0.525. The zero-order valence-corrected chi connectivity index (χ0v) is 17.8. The van der Waals surface area contributed by atoms with E-state index in [1.54, 1.807) is 6.08 Å². The second-order valence-electron chi connectivity index (χ2n) is 9.16. The van der Waals surface area contributed by atoms with Crippen LogP contribution in [0.5, 0.6) is 11.5 Å². The summed E-state index contributed by atoms with van der Waals surface area (Å²) in [6.45, 7) is 7.85. The molecule has 1 aromatic rings. The van der Waals surface area contributed by atoms with Crippen molar-refractivity contribution in [2.75, 3.05) is 7.11 Å². The number of aliphatic hydroxyl groups excluding tert-OH is 1. The van der Waals surface area contributed by atoms with Crippen LogP contribution in [-0.2, 0) is 4.74 Å². The number of phenols is 1. The number of carbonyl (C=O) groups is 1. The maximum Gasteiger partial charge on any atom is 0.338 e. The van der Waals surface area contributed by atoms with Gasteiger partial charge in [-0.2, -0.15) is 0 Å². The van der Waals surface area contributed by atoms with Gasteiger partial charge in [0, 0.05) is 5.92 Å². The number of aromatic hydroxyl groups is 1. The third kappa shape index (κ3) is 3.76. The van der Waals surface area contributed by atoms with Crippen LogP contribution in [0.15, 0.2) is 29.8 Å². The van der Waals surface area contributed by atoms with Crippen LogP contribution in [0.3, 0.4) is 0 Å². The monoisotopic (exact) mass is 404 g/mol. The summed E-state index contributed by atoms with van der Waals surface area (Å²) in [5.41, 5.74) is -0.353. The van der Waals surface area contributed by atoms with Crippen molar-refractivity contribution in [1.29, 1.82) is 0 Å². The molecule has 0 spiro atoms. The molecule has 0 radical (unpaired) electrons. The molecule has 0 saturated heterocycles. The van der Waals surface area contributed by atoms with Gasteiger partial charge in [-0.15, -0.1) is 0 Å². The Morgan fingerprint density at radius 2 is 1.97 bits per heavy atom. The molecule has 6 nitrogen and oxygen atoms in total. The molecule has 6 heteroatoms. The Bertz CT molecular complexity index is 816. The van der Waals surface area contributed by atoms with E-state index >= 15 is 0 Å². The van der Waals surface area contributed by atoms with Crippen LogP contribution >= 0.6 is 0 Å². The molecular weight excluding hydrogens is 372 g/mol. The van der Waals surface area contributed by atoms with Crippen molar-refractivity contribution in [1.82, 2.24) is 0 Å². The minimum absolute atomic E-state index is 0.0201. The Labute approximate surface area is 172 Å². The number of esters is 1. The van der Waals surface area contributed by atoms with Gasteiger partial charge in [0.1, 0.15) is 6.10 Å². The summed E-state index contributed by atoms with van der Waals surface area (Å²) in [6, 6.07) is 4.30. The number of phenolic OH excluding ortho intramolecular Hbond substituents is 1. The van der Waals surface area contributed by atoms with E-state index in [4.69, 9.17) is 9.47 Å². The van der Waals surface area contributed by atoms with E-state index in [2.05, 4.69) is 6.92 Å². The summed E-state index contributed by atoms with van der Waals surface area (Å²) in [5.74, 6) is -0.783. The number of aliphatic hydroxyl groups is 2. The topological polar surface area (TPSA) is 96.2 Å². The molecular formula is C23H32O6. The number of methoxy groups -OCH3 is 1. The third-order valence-corrected chi connectivity index (χ3v) is 6.99. The molecule has 0 unspecified atom stereocenters. The molecule has 3 N–H and O–H groups in total. The van der Waals surface area contributed by atoms with Crippen LogP contribution in [0.2, 0.25) is 0 Å². The van der Waals surface area contributed by atoms with Gasteiger partial charge in [0.05, 0.1) is 24.4 Å². The van der Waals surface area contributed by atoms with Gasteiger partial charge in [-0.3, -0.25) is 0 Å². The Balaban J connectivity index is 1.99. The number of benzene rings is 1. The number of ether oxygens (including phenoxy) is 2. The fourth-order valence-electron chi connectivity index (χ4n) is 5.13. The van der Waals surface area contributed by atoms with Crippen LogP contribution in [0, 0.1) is 17.3 Å². The average molecular weight is 405 g/mol. The van der Waals surface area contributed by atoms with Gasteiger partial charge < -0.3 is 24.8 Å². The molecule has 29 heavy (non-hydrogen) atoms. The van der Waals surface area contributed by atoms with Crippen molar-refractivity contribution >= 4 is 5.97 Å². The maximum atomic E-state index is 12.9. The molecule has 0 bridgehead atoms. The number of hydrogen-bond donors (Lipinski definition) is 3. The Kier molecular flexibility index (Phi) is 5.71. The first-order valence-electron chi connectivity index (χ1n) is 10.2. The van der Waals surface area contributed by atoms with Crippen LogP contribution in [0.25, 0.3) is 0 Å². The smallest absolute Gasteiger partial charge is 0.338 e. The van der Waals surface area contributed by atoms with Crippen LogP contribution in [0.1, 0.15) is 57.3 Å².